The average Bonchev–Trinajstić information content (AvgIpc) is 2.97. The van der Waals surface area contributed by atoms with Gasteiger partial charge in [0.05, 0.1) is 30.1 Å². The number of unbranched alkanes of at least 4 members (excludes halogenated alkanes) is 1. The first-order valence-corrected chi connectivity index (χ1v) is 17.3. The zero-order chi connectivity index (χ0) is 28.8. The maximum absolute atomic E-state index is 10.5. The summed E-state index contributed by atoms with van der Waals surface area (Å²) in [6.45, 7) is 2.54. The zero-order valence-corrected chi connectivity index (χ0v) is 25.9. The van der Waals surface area contributed by atoms with Crippen molar-refractivity contribution in [2.45, 2.75) is 191 Å². The molecule has 0 aromatic rings. The highest BCUT2D eigenvalue weighted by Gasteiger charge is 2.24. The van der Waals surface area contributed by atoms with Crippen molar-refractivity contribution in [3.8, 4) is 0 Å². The topological polar surface area (TPSA) is 126 Å². The average molecular weight is 566 g/mol. The maximum Gasteiger partial charge on any atom is 0.0861 e. The van der Waals surface area contributed by atoms with Crippen molar-refractivity contribution >= 4 is 11.9 Å². The van der Waals surface area contributed by atoms with Gasteiger partial charge in [-0.2, -0.15) is 0 Å². The number of carboxylic acids is 2. The van der Waals surface area contributed by atoms with Gasteiger partial charge in [0.2, 0.25) is 0 Å². The summed E-state index contributed by atoms with van der Waals surface area (Å²) in [4.78, 5) is 20.6. The molecule has 40 heavy (non-hydrogen) atoms. The predicted molar refractivity (Wildman–Crippen MR) is 157 cm³/mol. The summed E-state index contributed by atoms with van der Waals surface area (Å²) in [5.41, 5.74) is 0. The predicted octanol–water partition coefficient (Wildman–Crippen LogP) is 2.46. The lowest BCUT2D eigenvalue weighted by atomic mass is 9.91. The van der Waals surface area contributed by atoms with E-state index in [1.54, 1.807) is 0 Å². The molecule has 0 saturated heterocycles. The maximum atomic E-state index is 10.5. The fourth-order valence-corrected chi connectivity index (χ4v) is 7.09. The van der Waals surface area contributed by atoms with Crippen molar-refractivity contribution in [3.05, 3.63) is 0 Å². The van der Waals surface area contributed by atoms with Gasteiger partial charge < -0.3 is 35.8 Å². The van der Waals surface area contributed by atoms with E-state index < -0.39 is 18.0 Å². The normalized spacial score (nSPS) is 22.3. The molecule has 4 fully saturated rings. The lowest BCUT2D eigenvalue weighted by Gasteiger charge is -2.27. The van der Waals surface area contributed by atoms with E-state index in [0.29, 0.717) is 6.54 Å². The first-order valence-electron chi connectivity index (χ1n) is 17.3. The SMILES string of the molecule is C1CCC([NH2+]C2CCCCC2)CC1.C1CCC([NH2+]C2CCCCC2)CC1.CCCCN[C@@H](CCC(=O)[O-])C(=O)[O-]. The van der Waals surface area contributed by atoms with Gasteiger partial charge in [0, 0.05) is 12.0 Å². The van der Waals surface area contributed by atoms with E-state index in [2.05, 4.69) is 16.0 Å². The number of quaternary nitrogens is 2. The van der Waals surface area contributed by atoms with E-state index in [-0.39, 0.29) is 12.8 Å². The number of carbonyl (C=O) groups excluding carboxylic acids is 2. The van der Waals surface area contributed by atoms with E-state index in [1.165, 1.54) is 128 Å². The number of nitrogens with one attached hydrogen (secondary N) is 1. The van der Waals surface area contributed by atoms with Crippen molar-refractivity contribution in [1.82, 2.24) is 5.32 Å². The molecule has 7 nitrogen and oxygen atoms in total. The summed E-state index contributed by atoms with van der Waals surface area (Å²) in [5.74, 6) is -2.50. The van der Waals surface area contributed by atoms with Crippen LogP contribution in [0.25, 0.3) is 0 Å². The van der Waals surface area contributed by atoms with Crippen LogP contribution in [0.2, 0.25) is 0 Å². The molecule has 0 heterocycles. The molecule has 0 amide bonds. The Morgan fingerprint density at radius 2 is 1.00 bits per heavy atom. The summed E-state index contributed by atoms with van der Waals surface area (Å²) in [6.07, 6.45) is 31.5. The number of hydrogen-bond acceptors (Lipinski definition) is 5. The van der Waals surface area contributed by atoms with Crippen LogP contribution in [0.15, 0.2) is 0 Å². The molecule has 0 bridgehead atoms. The van der Waals surface area contributed by atoms with Gasteiger partial charge in [-0.05, 0) is 129 Å². The van der Waals surface area contributed by atoms with Crippen LogP contribution in [0.5, 0.6) is 0 Å². The van der Waals surface area contributed by atoms with E-state index in [1.807, 2.05) is 6.92 Å². The molecule has 234 valence electrons. The fourth-order valence-electron chi connectivity index (χ4n) is 7.09. The molecule has 0 spiro atoms. The van der Waals surface area contributed by atoms with Crippen LogP contribution in [0.4, 0.5) is 0 Å². The lowest BCUT2D eigenvalue weighted by Crippen LogP contribution is -2.95. The van der Waals surface area contributed by atoms with E-state index in [9.17, 15) is 19.8 Å². The minimum Gasteiger partial charge on any atom is -0.550 e. The molecule has 1 atom stereocenters. The first kappa shape index (κ1) is 35.0. The van der Waals surface area contributed by atoms with Gasteiger partial charge in [-0.25, -0.2) is 0 Å². The van der Waals surface area contributed by atoms with Gasteiger partial charge in [-0.3, -0.25) is 0 Å². The Bertz CT molecular complexity index is 572. The van der Waals surface area contributed by atoms with Crippen LogP contribution in [-0.2, 0) is 9.59 Å². The molecule has 0 unspecified atom stereocenters. The molecule has 0 radical (unpaired) electrons. The third-order valence-electron chi connectivity index (χ3n) is 9.53. The van der Waals surface area contributed by atoms with Gasteiger partial charge >= 0.3 is 0 Å². The molecule has 4 aliphatic rings. The Hall–Kier alpha value is -1.18. The van der Waals surface area contributed by atoms with Crippen LogP contribution >= 0.6 is 0 Å². The Kier molecular flexibility index (Phi) is 19.6. The van der Waals surface area contributed by atoms with Crippen molar-refractivity contribution in [2.24, 2.45) is 0 Å². The van der Waals surface area contributed by atoms with Crippen molar-refractivity contribution in [3.63, 3.8) is 0 Å². The summed E-state index contributed by atoms with van der Waals surface area (Å²) < 4.78 is 0. The molecule has 4 rings (SSSR count). The molecule has 7 heteroatoms. The highest BCUT2D eigenvalue weighted by Crippen LogP contribution is 2.19. The molecule has 0 aromatic heterocycles. The smallest absolute Gasteiger partial charge is 0.0861 e. The van der Waals surface area contributed by atoms with Crippen molar-refractivity contribution in [1.29, 1.82) is 0 Å². The fraction of sp³-hybridized carbons (Fsp3) is 0.939. The van der Waals surface area contributed by atoms with Gasteiger partial charge in [0.25, 0.3) is 0 Å². The van der Waals surface area contributed by atoms with Gasteiger partial charge in [-0.15, -0.1) is 0 Å². The monoisotopic (exact) mass is 565 g/mol. The number of aliphatic carboxylic acids is 2. The van der Waals surface area contributed by atoms with Gasteiger partial charge in [-0.1, -0.05) is 39.0 Å². The highest BCUT2D eigenvalue weighted by molar-refractivity contribution is 5.72. The Balaban J connectivity index is 0.000000210. The second-order valence-corrected chi connectivity index (χ2v) is 13.1. The molecule has 4 aliphatic carbocycles. The standard InChI is InChI=1S/2C12H23N.C9H17NO4/c2*1-3-7-11(8-4-1)13-12-9-5-2-6-10-12;1-2-3-6-10-7(9(13)14)4-5-8(11)12/h2*11-13H,1-10H2;7,10H,2-6H2,1H3,(H,11,12)(H,13,14)/t;;7-/m..0/s1. The van der Waals surface area contributed by atoms with Crippen LogP contribution < -0.4 is 26.2 Å². The number of rotatable bonds is 12. The molecule has 4 saturated carbocycles. The van der Waals surface area contributed by atoms with Crippen molar-refractivity contribution in [2.75, 3.05) is 6.54 Å². The van der Waals surface area contributed by atoms with Crippen LogP contribution in [0, 0.1) is 0 Å². The van der Waals surface area contributed by atoms with Crippen LogP contribution in [-0.4, -0.2) is 48.7 Å². The van der Waals surface area contributed by atoms with Crippen LogP contribution in [0.3, 0.4) is 0 Å². The summed E-state index contributed by atoms with van der Waals surface area (Å²) >= 11 is 0. The number of carboxylic acid groups (broad SMARTS) is 2. The third kappa shape index (κ3) is 16.9. The quantitative estimate of drug-likeness (QED) is 0.314. The minimum atomic E-state index is -1.26. The second-order valence-electron chi connectivity index (χ2n) is 13.1. The minimum absolute atomic E-state index is 0.00831. The van der Waals surface area contributed by atoms with Gasteiger partial charge in [0.1, 0.15) is 0 Å². The second kappa shape index (κ2) is 22.4. The third-order valence-corrected chi connectivity index (χ3v) is 9.53. The van der Waals surface area contributed by atoms with E-state index in [4.69, 9.17) is 0 Å². The molecular weight excluding hydrogens is 502 g/mol. The first-order chi connectivity index (χ1) is 19.5. The molecule has 5 N–H and O–H groups in total. The van der Waals surface area contributed by atoms with E-state index >= 15 is 0 Å². The number of nitrogens with two attached hydrogens (primary N) is 2. The summed E-state index contributed by atoms with van der Waals surface area (Å²) in [5, 5.41) is 28.8. The summed E-state index contributed by atoms with van der Waals surface area (Å²) in [7, 11) is 0. The molecule has 0 aliphatic heterocycles. The van der Waals surface area contributed by atoms with Gasteiger partial charge in [0.15, 0.2) is 0 Å². The lowest BCUT2D eigenvalue weighted by molar-refractivity contribution is -0.726. The van der Waals surface area contributed by atoms with E-state index in [0.717, 1.165) is 37.0 Å². The Morgan fingerprint density at radius 1 is 0.650 bits per heavy atom. The zero-order valence-electron chi connectivity index (χ0n) is 25.9. The molecule has 0 aromatic carbocycles. The van der Waals surface area contributed by atoms with Crippen molar-refractivity contribution < 1.29 is 30.4 Å². The Labute approximate surface area is 245 Å². The highest BCUT2D eigenvalue weighted by atomic mass is 16.4. The molecular formula is C33H63N3O4. The Morgan fingerprint density at radius 3 is 1.27 bits per heavy atom. The largest absolute Gasteiger partial charge is 0.550 e. The van der Waals surface area contributed by atoms with Crippen LogP contribution in [0.1, 0.15) is 161 Å². The number of hydrogen-bond donors (Lipinski definition) is 3. The summed E-state index contributed by atoms with van der Waals surface area (Å²) in [6, 6.07) is 3.10. The number of carbonyl (C=O) groups is 2.